The van der Waals surface area contributed by atoms with Crippen LogP contribution >= 0.6 is 11.6 Å². The molecule has 0 aromatic carbocycles. The maximum absolute atomic E-state index is 11.7. The molecule has 5 nitrogen and oxygen atoms in total. The lowest BCUT2D eigenvalue weighted by atomic mass is 10.4. The van der Waals surface area contributed by atoms with Gasteiger partial charge >= 0.3 is 0 Å². The summed E-state index contributed by atoms with van der Waals surface area (Å²) >= 11 is 5.75. The average Bonchev–Trinajstić information content (AvgIpc) is 2.20. The first-order valence-corrected chi connectivity index (χ1v) is 7.16. The maximum atomic E-state index is 11.7. The Morgan fingerprint density at radius 2 is 2.24 bits per heavy atom. The third-order valence-electron chi connectivity index (χ3n) is 1.83. The first kappa shape index (κ1) is 14.2. The summed E-state index contributed by atoms with van der Waals surface area (Å²) in [4.78, 5) is 3.78. The molecular formula is C10H15ClN2O3S. The van der Waals surface area contributed by atoms with Crippen molar-refractivity contribution in [2.75, 3.05) is 17.1 Å². The predicted molar refractivity (Wildman–Crippen MR) is 67.7 cm³/mol. The minimum atomic E-state index is -3.45. The molecule has 1 rings (SSSR count). The molecule has 0 saturated heterocycles. The Morgan fingerprint density at radius 3 is 2.82 bits per heavy atom. The first-order valence-electron chi connectivity index (χ1n) is 5.13. The van der Waals surface area contributed by atoms with Crippen LogP contribution in [0.3, 0.4) is 0 Å². The molecule has 0 unspecified atom stereocenters. The minimum Gasteiger partial charge on any atom is -0.378 e. The normalized spacial score (nSPS) is 11.8. The van der Waals surface area contributed by atoms with Crippen molar-refractivity contribution >= 4 is 27.3 Å². The van der Waals surface area contributed by atoms with Crippen molar-refractivity contribution in [2.24, 2.45) is 0 Å². The minimum absolute atomic E-state index is 0.00665. The number of hydrogen-bond acceptors (Lipinski definition) is 4. The highest BCUT2D eigenvalue weighted by Crippen LogP contribution is 2.18. The zero-order valence-corrected chi connectivity index (χ0v) is 11.3. The van der Waals surface area contributed by atoms with Crippen molar-refractivity contribution in [1.82, 2.24) is 4.98 Å². The van der Waals surface area contributed by atoms with Crippen LogP contribution in [0.5, 0.6) is 0 Å². The van der Waals surface area contributed by atoms with Crippen molar-refractivity contribution in [2.45, 2.75) is 20.0 Å². The fourth-order valence-corrected chi connectivity index (χ4v) is 2.21. The molecule has 0 saturated carbocycles. The van der Waals surface area contributed by atoms with Crippen molar-refractivity contribution in [3.05, 3.63) is 23.5 Å². The molecular weight excluding hydrogens is 264 g/mol. The van der Waals surface area contributed by atoms with E-state index in [2.05, 4.69) is 9.71 Å². The number of halogens is 1. The van der Waals surface area contributed by atoms with E-state index in [4.69, 9.17) is 16.3 Å². The van der Waals surface area contributed by atoms with Gasteiger partial charge in [-0.3, -0.25) is 4.72 Å². The van der Waals surface area contributed by atoms with Crippen LogP contribution in [0, 0.1) is 0 Å². The molecule has 0 radical (unpaired) electrons. The van der Waals surface area contributed by atoms with Gasteiger partial charge in [-0.2, -0.15) is 0 Å². The standard InChI is InChI=1S/C10H15ClN2O3S/c1-8(2)16-6-7-17(14,15)13-9-4-3-5-12-10(9)11/h3-5,8,13H,6-7H2,1-2H3. The molecule has 0 aliphatic heterocycles. The van der Waals surface area contributed by atoms with Crippen molar-refractivity contribution in [3.63, 3.8) is 0 Å². The number of hydrogen-bond donors (Lipinski definition) is 1. The quantitative estimate of drug-likeness (QED) is 0.807. The number of nitrogens with one attached hydrogen (secondary N) is 1. The van der Waals surface area contributed by atoms with Gasteiger partial charge in [-0.15, -0.1) is 0 Å². The average molecular weight is 279 g/mol. The summed E-state index contributed by atoms with van der Waals surface area (Å²) < 4.78 is 30.8. The van der Waals surface area contributed by atoms with Crippen LogP contribution in [0.25, 0.3) is 0 Å². The smallest absolute Gasteiger partial charge is 0.235 e. The maximum Gasteiger partial charge on any atom is 0.235 e. The fraction of sp³-hybridized carbons (Fsp3) is 0.500. The molecule has 0 aliphatic rings. The second kappa shape index (κ2) is 6.18. The van der Waals surface area contributed by atoms with Crippen LogP contribution in [0.1, 0.15) is 13.8 Å². The molecule has 1 aromatic heterocycles. The molecule has 0 atom stereocenters. The fourth-order valence-electron chi connectivity index (χ4n) is 1.07. The zero-order valence-electron chi connectivity index (χ0n) is 9.68. The van der Waals surface area contributed by atoms with Crippen LogP contribution in [0.15, 0.2) is 18.3 Å². The van der Waals surface area contributed by atoms with Crippen LogP contribution in [-0.2, 0) is 14.8 Å². The second-order valence-electron chi connectivity index (χ2n) is 3.68. The van der Waals surface area contributed by atoms with E-state index in [-0.39, 0.29) is 29.3 Å². The Hall–Kier alpha value is -0.850. The van der Waals surface area contributed by atoms with Crippen LogP contribution < -0.4 is 4.72 Å². The molecule has 17 heavy (non-hydrogen) atoms. The van der Waals surface area contributed by atoms with Gasteiger partial charge in [-0.05, 0) is 26.0 Å². The highest BCUT2D eigenvalue weighted by atomic mass is 35.5. The van der Waals surface area contributed by atoms with Gasteiger partial charge in [0.1, 0.15) is 0 Å². The SMILES string of the molecule is CC(C)OCCS(=O)(=O)Nc1cccnc1Cl. The highest BCUT2D eigenvalue weighted by Gasteiger charge is 2.12. The zero-order chi connectivity index (χ0) is 12.9. The number of sulfonamides is 1. The van der Waals surface area contributed by atoms with Gasteiger partial charge in [0, 0.05) is 6.20 Å². The molecule has 0 amide bonds. The summed E-state index contributed by atoms with van der Waals surface area (Å²) in [6.45, 7) is 3.83. The topological polar surface area (TPSA) is 68.3 Å². The number of anilines is 1. The first-order chi connectivity index (χ1) is 7.91. The molecule has 96 valence electrons. The van der Waals surface area contributed by atoms with Gasteiger partial charge in [0.05, 0.1) is 24.2 Å². The van der Waals surface area contributed by atoms with Gasteiger partial charge in [0.2, 0.25) is 10.0 Å². The molecule has 0 bridgehead atoms. The van der Waals surface area contributed by atoms with Crippen LogP contribution in [-0.4, -0.2) is 31.9 Å². The summed E-state index contributed by atoms with van der Waals surface area (Å²) in [6.07, 6.45) is 1.49. The molecule has 0 fully saturated rings. The van der Waals surface area contributed by atoms with E-state index in [9.17, 15) is 8.42 Å². The van der Waals surface area contributed by atoms with Gasteiger partial charge in [-0.1, -0.05) is 11.6 Å². The molecule has 1 heterocycles. The van der Waals surface area contributed by atoms with Crippen molar-refractivity contribution < 1.29 is 13.2 Å². The van der Waals surface area contributed by atoms with Gasteiger partial charge < -0.3 is 4.74 Å². The molecule has 1 aromatic rings. The molecule has 1 N–H and O–H groups in total. The van der Waals surface area contributed by atoms with E-state index >= 15 is 0 Å². The highest BCUT2D eigenvalue weighted by molar-refractivity contribution is 7.92. The third kappa shape index (κ3) is 5.34. The van der Waals surface area contributed by atoms with E-state index in [1.807, 2.05) is 13.8 Å². The number of pyridine rings is 1. The van der Waals surface area contributed by atoms with E-state index in [0.29, 0.717) is 0 Å². The lowest BCUT2D eigenvalue weighted by Crippen LogP contribution is -2.21. The Kier molecular flexibility index (Phi) is 5.17. The Bertz CT molecular complexity index is 462. The van der Waals surface area contributed by atoms with E-state index < -0.39 is 10.0 Å². The third-order valence-corrected chi connectivity index (χ3v) is 3.36. The lowest BCUT2D eigenvalue weighted by molar-refractivity contribution is 0.0913. The summed E-state index contributed by atoms with van der Waals surface area (Å²) in [5.41, 5.74) is 0.277. The summed E-state index contributed by atoms with van der Waals surface area (Å²) in [5, 5.41) is 0.126. The Morgan fingerprint density at radius 1 is 1.53 bits per heavy atom. The van der Waals surface area contributed by atoms with Crippen LogP contribution in [0.4, 0.5) is 5.69 Å². The molecule has 0 aliphatic carbocycles. The Balaban J connectivity index is 2.58. The molecule has 7 heteroatoms. The van der Waals surface area contributed by atoms with Gasteiger partial charge in [-0.25, -0.2) is 13.4 Å². The van der Waals surface area contributed by atoms with Crippen molar-refractivity contribution in [3.8, 4) is 0 Å². The molecule has 0 spiro atoms. The number of ether oxygens (including phenoxy) is 1. The van der Waals surface area contributed by atoms with Crippen molar-refractivity contribution in [1.29, 1.82) is 0 Å². The van der Waals surface area contributed by atoms with E-state index in [0.717, 1.165) is 0 Å². The summed E-state index contributed by atoms with van der Waals surface area (Å²) in [7, 11) is -3.45. The van der Waals surface area contributed by atoms with E-state index in [1.54, 1.807) is 12.1 Å². The Labute approximate surface area is 106 Å². The predicted octanol–water partition coefficient (Wildman–Crippen LogP) is 1.90. The van der Waals surface area contributed by atoms with Crippen LogP contribution in [0.2, 0.25) is 5.15 Å². The van der Waals surface area contributed by atoms with Gasteiger partial charge in [0.15, 0.2) is 5.15 Å². The summed E-state index contributed by atoms with van der Waals surface area (Å²) in [5.74, 6) is -0.115. The van der Waals surface area contributed by atoms with Gasteiger partial charge in [0.25, 0.3) is 0 Å². The summed E-state index contributed by atoms with van der Waals surface area (Å²) in [6, 6.07) is 3.16. The number of rotatable bonds is 6. The second-order valence-corrected chi connectivity index (χ2v) is 5.88. The monoisotopic (exact) mass is 278 g/mol. The number of aromatic nitrogens is 1. The number of nitrogens with zero attached hydrogens (tertiary/aromatic N) is 1. The largest absolute Gasteiger partial charge is 0.378 e. The lowest BCUT2D eigenvalue weighted by Gasteiger charge is -2.10. The van der Waals surface area contributed by atoms with E-state index in [1.165, 1.54) is 6.20 Å².